The molecular weight excluding hydrogens is 328 g/mol. The van der Waals surface area contributed by atoms with Gasteiger partial charge in [0.25, 0.3) is 0 Å². The van der Waals surface area contributed by atoms with Crippen molar-refractivity contribution in [3.8, 4) is 0 Å². The molecule has 2 heterocycles. The van der Waals surface area contributed by atoms with E-state index >= 15 is 0 Å². The summed E-state index contributed by atoms with van der Waals surface area (Å²) < 4.78 is 4.85. The third-order valence-corrected chi connectivity index (χ3v) is 4.86. The fraction of sp³-hybridized carbons (Fsp3) is 0.625. The van der Waals surface area contributed by atoms with Crippen LogP contribution in [0.2, 0.25) is 0 Å². The summed E-state index contributed by atoms with van der Waals surface area (Å²) in [6.45, 7) is 5.06. The molecule has 1 aliphatic rings. The molecule has 0 aliphatic carbocycles. The van der Waals surface area contributed by atoms with E-state index in [1.165, 1.54) is 5.56 Å². The highest BCUT2D eigenvalue weighted by molar-refractivity contribution is 7.07. The minimum atomic E-state index is -0.616. The van der Waals surface area contributed by atoms with Crippen molar-refractivity contribution in [1.82, 2.24) is 20.4 Å². The third kappa shape index (κ3) is 5.55. The fourth-order valence-electron chi connectivity index (χ4n) is 2.67. The van der Waals surface area contributed by atoms with E-state index in [1.54, 1.807) is 18.4 Å². The Kier molecular flexibility index (Phi) is 7.64. The molecule has 8 heteroatoms. The van der Waals surface area contributed by atoms with Gasteiger partial charge in [-0.25, -0.2) is 0 Å². The molecule has 1 fully saturated rings. The van der Waals surface area contributed by atoms with Crippen LogP contribution in [0.3, 0.4) is 0 Å². The second kappa shape index (κ2) is 9.73. The maximum absolute atomic E-state index is 12.0. The van der Waals surface area contributed by atoms with Crippen LogP contribution in [-0.4, -0.2) is 81.6 Å². The molecule has 7 nitrogen and oxygen atoms in total. The second-order valence-electron chi connectivity index (χ2n) is 5.87. The molecule has 1 atom stereocenters. The van der Waals surface area contributed by atoms with Crippen molar-refractivity contribution in [2.45, 2.75) is 6.04 Å². The van der Waals surface area contributed by atoms with Crippen LogP contribution in [0.4, 0.5) is 0 Å². The maximum Gasteiger partial charge on any atom is 0.309 e. The van der Waals surface area contributed by atoms with Crippen LogP contribution in [0, 0.1) is 0 Å². The van der Waals surface area contributed by atoms with Crippen LogP contribution >= 0.6 is 11.3 Å². The Morgan fingerprint density at radius 3 is 2.58 bits per heavy atom. The molecule has 0 spiro atoms. The van der Waals surface area contributed by atoms with Gasteiger partial charge in [-0.1, -0.05) is 0 Å². The number of amides is 2. The monoisotopic (exact) mass is 354 g/mol. The number of hydrogen-bond donors (Lipinski definition) is 2. The lowest BCUT2D eigenvalue weighted by molar-refractivity contribution is -0.139. The number of methoxy groups -OCH3 is 1. The number of likely N-dealkylation sites (N-methyl/N-ethyl adjacent to an activating group) is 1. The lowest BCUT2D eigenvalue weighted by Gasteiger charge is -2.37. The van der Waals surface area contributed by atoms with Gasteiger partial charge in [0.15, 0.2) is 0 Å². The molecule has 2 N–H and O–H groups in total. The van der Waals surface area contributed by atoms with Crippen molar-refractivity contribution in [2.24, 2.45) is 0 Å². The van der Waals surface area contributed by atoms with Gasteiger partial charge in [-0.3, -0.25) is 14.5 Å². The molecule has 2 amide bonds. The zero-order valence-electron chi connectivity index (χ0n) is 14.3. The maximum atomic E-state index is 12.0. The quantitative estimate of drug-likeness (QED) is 0.529. The van der Waals surface area contributed by atoms with Crippen LogP contribution in [0.25, 0.3) is 0 Å². The summed E-state index contributed by atoms with van der Waals surface area (Å²) in [5.74, 6) is -1.21. The minimum absolute atomic E-state index is 0.0978. The summed E-state index contributed by atoms with van der Waals surface area (Å²) in [5, 5.41) is 9.44. The van der Waals surface area contributed by atoms with Crippen LogP contribution in [-0.2, 0) is 14.3 Å². The average Bonchev–Trinajstić information content (AvgIpc) is 3.11. The summed E-state index contributed by atoms with van der Waals surface area (Å²) in [6.07, 6.45) is 0. The number of piperazine rings is 1. The lowest BCUT2D eigenvalue weighted by atomic mass is 10.1. The molecule has 1 aromatic heterocycles. The normalized spacial score (nSPS) is 17.4. The first kappa shape index (κ1) is 18.9. The number of rotatable bonds is 7. The number of hydrogen-bond acceptors (Lipinski definition) is 6. The van der Waals surface area contributed by atoms with Gasteiger partial charge < -0.3 is 20.3 Å². The molecule has 0 bridgehead atoms. The van der Waals surface area contributed by atoms with E-state index in [4.69, 9.17) is 4.74 Å². The molecule has 0 radical (unpaired) electrons. The van der Waals surface area contributed by atoms with Crippen LogP contribution in [0.15, 0.2) is 16.8 Å². The molecule has 0 saturated carbocycles. The molecular formula is C16H26N4O3S. The summed E-state index contributed by atoms with van der Waals surface area (Å²) in [4.78, 5) is 28.4. The van der Waals surface area contributed by atoms with E-state index in [0.717, 1.165) is 26.2 Å². The van der Waals surface area contributed by atoms with Crippen LogP contribution in [0.1, 0.15) is 11.6 Å². The van der Waals surface area contributed by atoms with Crippen molar-refractivity contribution >= 4 is 23.2 Å². The Labute approximate surface area is 147 Å². The zero-order chi connectivity index (χ0) is 17.4. The molecule has 1 aromatic rings. The second-order valence-corrected chi connectivity index (χ2v) is 6.65. The predicted molar refractivity (Wildman–Crippen MR) is 94.0 cm³/mol. The summed E-state index contributed by atoms with van der Waals surface area (Å²) in [6, 6.07) is 2.18. The van der Waals surface area contributed by atoms with Gasteiger partial charge in [0.2, 0.25) is 0 Å². The first-order valence-electron chi connectivity index (χ1n) is 8.11. The van der Waals surface area contributed by atoms with Crippen LogP contribution < -0.4 is 10.6 Å². The predicted octanol–water partition coefficient (Wildman–Crippen LogP) is -0.0846. The summed E-state index contributed by atoms with van der Waals surface area (Å²) in [7, 11) is 3.66. The van der Waals surface area contributed by atoms with Gasteiger partial charge in [0.05, 0.1) is 12.6 Å². The number of nitrogens with one attached hydrogen (secondary N) is 2. The first-order valence-corrected chi connectivity index (χ1v) is 9.05. The van der Waals surface area contributed by atoms with Gasteiger partial charge >= 0.3 is 11.8 Å². The number of carbonyl (C=O) groups excluding carboxylic acids is 2. The summed E-state index contributed by atoms with van der Waals surface area (Å²) >= 11 is 1.64. The molecule has 2 rings (SSSR count). The van der Waals surface area contributed by atoms with Crippen molar-refractivity contribution in [1.29, 1.82) is 0 Å². The van der Waals surface area contributed by atoms with Crippen molar-refractivity contribution in [3.05, 3.63) is 22.4 Å². The number of ether oxygens (including phenoxy) is 1. The van der Waals surface area contributed by atoms with Crippen LogP contribution in [0.5, 0.6) is 0 Å². The van der Waals surface area contributed by atoms with E-state index in [0.29, 0.717) is 19.7 Å². The summed E-state index contributed by atoms with van der Waals surface area (Å²) in [5.41, 5.74) is 1.18. The van der Waals surface area contributed by atoms with Gasteiger partial charge in [-0.15, -0.1) is 0 Å². The molecule has 1 saturated heterocycles. The van der Waals surface area contributed by atoms with E-state index in [1.807, 2.05) is 5.38 Å². The lowest BCUT2D eigenvalue weighted by Crippen LogP contribution is -2.49. The number of nitrogens with zero attached hydrogens (tertiary/aromatic N) is 2. The Balaban J connectivity index is 1.89. The topological polar surface area (TPSA) is 73.9 Å². The minimum Gasteiger partial charge on any atom is -0.383 e. The highest BCUT2D eigenvalue weighted by Crippen LogP contribution is 2.23. The highest BCUT2D eigenvalue weighted by Gasteiger charge is 2.25. The fourth-order valence-corrected chi connectivity index (χ4v) is 3.38. The number of thiophene rings is 1. The molecule has 1 aliphatic heterocycles. The number of carbonyl (C=O) groups is 2. The SMILES string of the molecule is COCCNC(=O)C(=O)NC[C@H](c1ccsc1)N1CCN(C)CC1. The van der Waals surface area contributed by atoms with E-state index in [-0.39, 0.29) is 6.04 Å². The van der Waals surface area contributed by atoms with E-state index in [9.17, 15) is 9.59 Å². The van der Waals surface area contributed by atoms with Gasteiger partial charge in [0, 0.05) is 46.4 Å². The van der Waals surface area contributed by atoms with Gasteiger partial charge in [-0.2, -0.15) is 11.3 Å². The first-order chi connectivity index (χ1) is 11.6. The Bertz CT molecular complexity index is 515. The highest BCUT2D eigenvalue weighted by atomic mass is 32.1. The van der Waals surface area contributed by atoms with Gasteiger partial charge in [0.1, 0.15) is 0 Å². The molecule has 24 heavy (non-hydrogen) atoms. The Morgan fingerprint density at radius 2 is 1.96 bits per heavy atom. The Morgan fingerprint density at radius 1 is 1.25 bits per heavy atom. The standard InChI is InChI=1S/C16H26N4O3S/c1-19-5-7-20(8-6-19)14(13-3-10-24-12-13)11-18-16(22)15(21)17-4-9-23-2/h3,10,12,14H,4-9,11H2,1-2H3,(H,17,21)(H,18,22)/t14-/m1/s1. The van der Waals surface area contributed by atoms with Gasteiger partial charge in [-0.05, 0) is 29.4 Å². The Hall–Kier alpha value is -1.48. The molecule has 0 unspecified atom stereocenters. The largest absolute Gasteiger partial charge is 0.383 e. The van der Waals surface area contributed by atoms with E-state index < -0.39 is 11.8 Å². The van der Waals surface area contributed by atoms with Crippen molar-refractivity contribution in [2.75, 3.05) is 60.0 Å². The van der Waals surface area contributed by atoms with Crippen molar-refractivity contribution < 1.29 is 14.3 Å². The van der Waals surface area contributed by atoms with E-state index in [2.05, 4.69) is 38.9 Å². The zero-order valence-corrected chi connectivity index (χ0v) is 15.1. The third-order valence-electron chi connectivity index (χ3n) is 4.16. The average molecular weight is 354 g/mol. The molecule has 134 valence electrons. The van der Waals surface area contributed by atoms with Crippen molar-refractivity contribution in [3.63, 3.8) is 0 Å². The smallest absolute Gasteiger partial charge is 0.309 e. The molecule has 0 aromatic carbocycles.